The molecular formula is C15H17N5O2. The Labute approximate surface area is 127 Å². The molecule has 114 valence electrons. The van der Waals surface area contributed by atoms with Crippen molar-refractivity contribution in [1.29, 1.82) is 0 Å². The zero-order valence-electron chi connectivity index (χ0n) is 12.1. The SMILES string of the molecule is O=C(O)c1nc(C2CCCCC2)ncc1Nc1cncnc1. The Morgan fingerprint density at radius 2 is 1.86 bits per heavy atom. The minimum absolute atomic E-state index is 0.0144. The summed E-state index contributed by atoms with van der Waals surface area (Å²) in [5.41, 5.74) is 0.931. The highest BCUT2D eigenvalue weighted by Gasteiger charge is 2.21. The number of aromatic nitrogens is 4. The van der Waals surface area contributed by atoms with Crippen LogP contribution in [-0.2, 0) is 0 Å². The summed E-state index contributed by atoms with van der Waals surface area (Å²) in [5.74, 6) is -0.174. The lowest BCUT2D eigenvalue weighted by Gasteiger charge is -2.20. The largest absolute Gasteiger partial charge is 0.476 e. The van der Waals surface area contributed by atoms with Gasteiger partial charge in [0.25, 0.3) is 0 Å². The lowest BCUT2D eigenvalue weighted by Crippen LogP contribution is -2.14. The van der Waals surface area contributed by atoms with Crippen LogP contribution in [0.15, 0.2) is 24.9 Å². The van der Waals surface area contributed by atoms with Crippen molar-refractivity contribution in [1.82, 2.24) is 19.9 Å². The summed E-state index contributed by atoms with van der Waals surface area (Å²) in [6.45, 7) is 0. The highest BCUT2D eigenvalue weighted by Crippen LogP contribution is 2.31. The van der Waals surface area contributed by atoms with Crippen LogP contribution in [-0.4, -0.2) is 31.0 Å². The quantitative estimate of drug-likeness (QED) is 0.895. The van der Waals surface area contributed by atoms with E-state index in [-0.39, 0.29) is 11.6 Å². The van der Waals surface area contributed by atoms with Gasteiger partial charge in [0.15, 0.2) is 5.69 Å². The fraction of sp³-hybridized carbons (Fsp3) is 0.400. The molecule has 1 aliphatic rings. The van der Waals surface area contributed by atoms with E-state index in [0.717, 1.165) is 25.7 Å². The van der Waals surface area contributed by atoms with Crippen LogP contribution >= 0.6 is 0 Å². The Morgan fingerprint density at radius 1 is 1.14 bits per heavy atom. The van der Waals surface area contributed by atoms with Crippen LogP contribution < -0.4 is 5.32 Å². The number of hydrogen-bond donors (Lipinski definition) is 2. The van der Waals surface area contributed by atoms with Crippen molar-refractivity contribution < 1.29 is 9.90 Å². The zero-order chi connectivity index (χ0) is 15.4. The van der Waals surface area contributed by atoms with Gasteiger partial charge in [-0.05, 0) is 12.8 Å². The van der Waals surface area contributed by atoms with Gasteiger partial charge < -0.3 is 10.4 Å². The van der Waals surface area contributed by atoms with Crippen LogP contribution in [0.2, 0.25) is 0 Å². The number of anilines is 2. The Hall–Kier alpha value is -2.57. The van der Waals surface area contributed by atoms with Gasteiger partial charge in [-0.15, -0.1) is 0 Å². The standard InChI is InChI=1S/C15H17N5O2/c21-15(22)13-12(19-11-6-16-9-17-7-11)8-18-14(20-13)10-4-2-1-3-5-10/h6-10,19H,1-5H2,(H,21,22). The van der Waals surface area contributed by atoms with Crippen molar-refractivity contribution in [2.24, 2.45) is 0 Å². The number of nitrogens with zero attached hydrogens (tertiary/aromatic N) is 4. The minimum atomic E-state index is -1.07. The summed E-state index contributed by atoms with van der Waals surface area (Å²) >= 11 is 0. The summed E-state index contributed by atoms with van der Waals surface area (Å²) < 4.78 is 0. The topological polar surface area (TPSA) is 101 Å². The Kier molecular flexibility index (Phi) is 4.22. The molecular weight excluding hydrogens is 282 g/mol. The molecule has 2 aromatic rings. The van der Waals surface area contributed by atoms with E-state index in [4.69, 9.17) is 0 Å². The summed E-state index contributed by atoms with van der Waals surface area (Å²) in [6, 6.07) is 0. The predicted octanol–water partition coefficient (Wildman–Crippen LogP) is 2.76. The van der Waals surface area contributed by atoms with E-state index in [0.29, 0.717) is 17.2 Å². The van der Waals surface area contributed by atoms with Crippen molar-refractivity contribution in [3.63, 3.8) is 0 Å². The van der Waals surface area contributed by atoms with Gasteiger partial charge in [0, 0.05) is 5.92 Å². The number of nitrogens with one attached hydrogen (secondary N) is 1. The predicted molar refractivity (Wildman–Crippen MR) is 80.1 cm³/mol. The normalized spacial score (nSPS) is 15.5. The van der Waals surface area contributed by atoms with Crippen molar-refractivity contribution >= 4 is 17.3 Å². The highest BCUT2D eigenvalue weighted by molar-refractivity contribution is 5.92. The average molecular weight is 299 g/mol. The first-order valence-corrected chi connectivity index (χ1v) is 7.36. The number of carboxylic acid groups (broad SMARTS) is 1. The summed E-state index contributed by atoms with van der Waals surface area (Å²) in [6.07, 6.45) is 11.7. The molecule has 7 nitrogen and oxygen atoms in total. The van der Waals surface area contributed by atoms with Crippen LogP contribution in [0.25, 0.3) is 0 Å². The van der Waals surface area contributed by atoms with Crippen molar-refractivity contribution in [3.05, 3.63) is 36.4 Å². The van der Waals surface area contributed by atoms with Crippen molar-refractivity contribution in [2.45, 2.75) is 38.0 Å². The van der Waals surface area contributed by atoms with E-state index in [1.54, 1.807) is 12.4 Å². The van der Waals surface area contributed by atoms with E-state index in [1.165, 1.54) is 18.9 Å². The third-order valence-electron chi connectivity index (χ3n) is 3.82. The third kappa shape index (κ3) is 3.19. The Bertz CT molecular complexity index is 656. The molecule has 2 aromatic heterocycles. The van der Waals surface area contributed by atoms with Crippen molar-refractivity contribution in [2.75, 3.05) is 5.32 Å². The van der Waals surface area contributed by atoms with Crippen molar-refractivity contribution in [3.8, 4) is 0 Å². The number of hydrogen-bond acceptors (Lipinski definition) is 6. The van der Waals surface area contributed by atoms with Gasteiger partial charge in [0.1, 0.15) is 12.2 Å². The molecule has 0 spiro atoms. The van der Waals surface area contributed by atoms with Crippen LogP contribution in [0.1, 0.15) is 54.3 Å². The fourth-order valence-corrected chi connectivity index (χ4v) is 2.73. The van der Waals surface area contributed by atoms with E-state index in [9.17, 15) is 9.90 Å². The molecule has 0 bridgehead atoms. The second kappa shape index (κ2) is 6.46. The molecule has 0 amide bonds. The molecule has 0 radical (unpaired) electrons. The van der Waals surface area contributed by atoms with Gasteiger partial charge in [-0.25, -0.2) is 24.7 Å². The molecule has 1 aliphatic carbocycles. The summed E-state index contributed by atoms with van der Waals surface area (Å²) in [4.78, 5) is 27.9. The zero-order valence-corrected chi connectivity index (χ0v) is 12.1. The molecule has 0 saturated heterocycles. The molecule has 22 heavy (non-hydrogen) atoms. The third-order valence-corrected chi connectivity index (χ3v) is 3.82. The van der Waals surface area contributed by atoms with Gasteiger partial charge in [-0.1, -0.05) is 19.3 Å². The van der Waals surface area contributed by atoms with Gasteiger partial charge in [-0.3, -0.25) is 0 Å². The summed E-state index contributed by atoms with van der Waals surface area (Å²) in [5, 5.41) is 12.4. The molecule has 0 atom stereocenters. The van der Waals surface area contributed by atoms with Gasteiger partial charge in [-0.2, -0.15) is 0 Å². The number of carbonyl (C=O) groups is 1. The van der Waals surface area contributed by atoms with Crippen LogP contribution in [0.3, 0.4) is 0 Å². The first-order valence-electron chi connectivity index (χ1n) is 7.36. The minimum Gasteiger partial charge on any atom is -0.476 e. The van der Waals surface area contributed by atoms with E-state index < -0.39 is 5.97 Å². The van der Waals surface area contributed by atoms with Crippen LogP contribution in [0, 0.1) is 0 Å². The maximum atomic E-state index is 11.5. The fourth-order valence-electron chi connectivity index (χ4n) is 2.73. The maximum absolute atomic E-state index is 11.5. The lowest BCUT2D eigenvalue weighted by atomic mass is 9.88. The number of rotatable bonds is 4. The molecule has 0 aliphatic heterocycles. The monoisotopic (exact) mass is 299 g/mol. The van der Waals surface area contributed by atoms with E-state index >= 15 is 0 Å². The molecule has 0 aromatic carbocycles. The molecule has 1 saturated carbocycles. The smallest absolute Gasteiger partial charge is 0.356 e. The first-order chi connectivity index (χ1) is 10.7. The van der Waals surface area contributed by atoms with Gasteiger partial charge >= 0.3 is 5.97 Å². The highest BCUT2D eigenvalue weighted by atomic mass is 16.4. The molecule has 7 heteroatoms. The Balaban J connectivity index is 1.88. The van der Waals surface area contributed by atoms with Crippen LogP contribution in [0.4, 0.5) is 11.4 Å². The molecule has 0 unspecified atom stereocenters. The molecule has 2 N–H and O–H groups in total. The maximum Gasteiger partial charge on any atom is 0.356 e. The second-order valence-electron chi connectivity index (χ2n) is 5.38. The van der Waals surface area contributed by atoms with E-state index in [2.05, 4.69) is 25.3 Å². The summed E-state index contributed by atoms with van der Waals surface area (Å²) in [7, 11) is 0. The number of aromatic carboxylic acids is 1. The first kappa shape index (κ1) is 14.4. The lowest BCUT2D eigenvalue weighted by molar-refractivity contribution is 0.0691. The Morgan fingerprint density at radius 3 is 2.55 bits per heavy atom. The average Bonchev–Trinajstić information content (AvgIpc) is 2.57. The molecule has 3 rings (SSSR count). The molecule has 2 heterocycles. The van der Waals surface area contributed by atoms with Gasteiger partial charge in [0.05, 0.1) is 30.0 Å². The number of carboxylic acids is 1. The second-order valence-corrected chi connectivity index (χ2v) is 5.38. The van der Waals surface area contributed by atoms with E-state index in [1.807, 2.05) is 0 Å². The molecule has 1 fully saturated rings. The van der Waals surface area contributed by atoms with Crippen LogP contribution in [0.5, 0.6) is 0 Å². The van der Waals surface area contributed by atoms with Gasteiger partial charge in [0.2, 0.25) is 0 Å².